The number of carbonyl (C=O) groups is 1. The number of aryl methyl sites for hydroxylation is 1. The molecule has 0 aromatic carbocycles. The molecule has 1 aromatic rings. The predicted molar refractivity (Wildman–Crippen MR) is 86.6 cm³/mol. The standard InChI is InChI=1S/C17H27N3O4/c1-12(23-11-15-7-3-4-9-22-15)17(21)20-8-5-6-14(10-20)16-18-13(2)24-19-16/h12,14-15H,3-11H2,1-2H3/t12-,14+,15-/m0/s1. The number of hydrogen-bond donors (Lipinski definition) is 0. The van der Waals surface area contributed by atoms with Gasteiger partial charge in [0.2, 0.25) is 5.89 Å². The summed E-state index contributed by atoms with van der Waals surface area (Å²) in [4.78, 5) is 18.8. The van der Waals surface area contributed by atoms with Crippen LogP contribution in [0.25, 0.3) is 0 Å². The highest BCUT2D eigenvalue weighted by molar-refractivity contribution is 5.80. The van der Waals surface area contributed by atoms with Crippen LogP contribution in [0, 0.1) is 6.92 Å². The molecule has 3 heterocycles. The van der Waals surface area contributed by atoms with E-state index < -0.39 is 6.10 Å². The van der Waals surface area contributed by atoms with Crippen LogP contribution >= 0.6 is 0 Å². The summed E-state index contributed by atoms with van der Waals surface area (Å²) >= 11 is 0. The summed E-state index contributed by atoms with van der Waals surface area (Å²) in [5.41, 5.74) is 0. The molecule has 0 unspecified atom stereocenters. The van der Waals surface area contributed by atoms with Gasteiger partial charge in [0, 0.05) is 32.5 Å². The second-order valence-corrected chi connectivity index (χ2v) is 6.76. The third-order valence-corrected chi connectivity index (χ3v) is 4.80. The average Bonchev–Trinajstić information content (AvgIpc) is 3.06. The first kappa shape index (κ1) is 17.4. The molecule has 0 spiro atoms. The number of amides is 1. The fourth-order valence-corrected chi connectivity index (χ4v) is 3.39. The zero-order valence-corrected chi connectivity index (χ0v) is 14.6. The van der Waals surface area contributed by atoms with E-state index in [1.54, 1.807) is 6.92 Å². The Morgan fingerprint density at radius 1 is 1.38 bits per heavy atom. The van der Waals surface area contributed by atoms with Gasteiger partial charge in [-0.3, -0.25) is 4.79 Å². The molecule has 1 aromatic heterocycles. The molecule has 3 atom stereocenters. The van der Waals surface area contributed by atoms with Crippen molar-refractivity contribution in [3.63, 3.8) is 0 Å². The number of carbonyl (C=O) groups excluding carboxylic acids is 1. The third-order valence-electron chi connectivity index (χ3n) is 4.80. The van der Waals surface area contributed by atoms with Crippen molar-refractivity contribution < 1.29 is 18.8 Å². The van der Waals surface area contributed by atoms with Gasteiger partial charge in [-0.25, -0.2) is 0 Å². The Morgan fingerprint density at radius 3 is 2.96 bits per heavy atom. The summed E-state index contributed by atoms with van der Waals surface area (Å²) < 4.78 is 16.5. The number of likely N-dealkylation sites (tertiary alicyclic amines) is 1. The van der Waals surface area contributed by atoms with Crippen LogP contribution < -0.4 is 0 Å². The molecular weight excluding hydrogens is 310 g/mol. The van der Waals surface area contributed by atoms with Crippen LogP contribution in [0.1, 0.15) is 56.7 Å². The van der Waals surface area contributed by atoms with Crippen molar-refractivity contribution in [3.05, 3.63) is 11.7 Å². The first-order chi connectivity index (χ1) is 11.6. The molecule has 0 bridgehead atoms. The van der Waals surface area contributed by atoms with Gasteiger partial charge >= 0.3 is 0 Å². The quantitative estimate of drug-likeness (QED) is 0.818. The lowest BCUT2D eigenvalue weighted by atomic mass is 9.97. The molecule has 7 nitrogen and oxygen atoms in total. The predicted octanol–water partition coefficient (Wildman–Crippen LogP) is 2.06. The first-order valence-corrected chi connectivity index (χ1v) is 8.95. The minimum absolute atomic E-state index is 0.0377. The van der Waals surface area contributed by atoms with E-state index in [1.165, 1.54) is 6.42 Å². The normalized spacial score (nSPS) is 26.3. The topological polar surface area (TPSA) is 77.7 Å². The Balaban J connectivity index is 1.49. The molecular formula is C17H27N3O4. The number of rotatable bonds is 5. The Bertz CT molecular complexity index is 542. The van der Waals surface area contributed by atoms with Gasteiger partial charge in [0.05, 0.1) is 12.7 Å². The fraction of sp³-hybridized carbons (Fsp3) is 0.824. The van der Waals surface area contributed by atoms with E-state index >= 15 is 0 Å². The van der Waals surface area contributed by atoms with Crippen LogP contribution in [0.4, 0.5) is 0 Å². The molecule has 0 aliphatic carbocycles. The van der Waals surface area contributed by atoms with Crippen molar-refractivity contribution in [2.75, 3.05) is 26.3 Å². The maximum Gasteiger partial charge on any atom is 0.251 e. The van der Waals surface area contributed by atoms with Gasteiger partial charge < -0.3 is 18.9 Å². The van der Waals surface area contributed by atoms with Crippen LogP contribution in [-0.2, 0) is 14.3 Å². The van der Waals surface area contributed by atoms with Crippen LogP contribution in [0.15, 0.2) is 4.52 Å². The lowest BCUT2D eigenvalue weighted by molar-refractivity contribution is -0.147. The number of ether oxygens (including phenoxy) is 2. The Labute approximate surface area is 142 Å². The van der Waals surface area contributed by atoms with E-state index in [4.69, 9.17) is 14.0 Å². The fourth-order valence-electron chi connectivity index (χ4n) is 3.39. The SMILES string of the molecule is Cc1nc([C@@H]2CCCN(C(=O)[C@H](C)OC[C@@H]3CCCCO3)C2)no1. The lowest BCUT2D eigenvalue weighted by Crippen LogP contribution is -2.45. The summed E-state index contributed by atoms with van der Waals surface area (Å²) in [6.45, 7) is 6.30. The highest BCUT2D eigenvalue weighted by atomic mass is 16.5. The largest absolute Gasteiger partial charge is 0.376 e. The number of nitrogens with zero attached hydrogens (tertiary/aromatic N) is 3. The lowest BCUT2D eigenvalue weighted by Gasteiger charge is -2.33. The molecule has 2 fully saturated rings. The van der Waals surface area contributed by atoms with Crippen LogP contribution in [-0.4, -0.2) is 59.5 Å². The minimum Gasteiger partial charge on any atom is -0.376 e. The summed E-state index contributed by atoms with van der Waals surface area (Å²) in [6.07, 6.45) is 4.93. The zero-order chi connectivity index (χ0) is 16.9. The summed E-state index contributed by atoms with van der Waals surface area (Å²) in [6, 6.07) is 0. The smallest absolute Gasteiger partial charge is 0.251 e. The molecule has 0 N–H and O–H groups in total. The molecule has 0 saturated carbocycles. The van der Waals surface area contributed by atoms with Crippen molar-refractivity contribution >= 4 is 5.91 Å². The van der Waals surface area contributed by atoms with Crippen molar-refractivity contribution in [1.82, 2.24) is 15.0 Å². The molecule has 2 saturated heterocycles. The number of aromatic nitrogens is 2. The van der Waals surface area contributed by atoms with Gasteiger partial charge in [-0.15, -0.1) is 0 Å². The number of hydrogen-bond acceptors (Lipinski definition) is 6. The summed E-state index contributed by atoms with van der Waals surface area (Å²) in [5, 5.41) is 4.00. The summed E-state index contributed by atoms with van der Waals surface area (Å²) in [7, 11) is 0. The molecule has 0 radical (unpaired) electrons. The molecule has 7 heteroatoms. The monoisotopic (exact) mass is 337 g/mol. The maximum absolute atomic E-state index is 12.6. The van der Waals surface area contributed by atoms with Gasteiger partial charge in [0.15, 0.2) is 5.82 Å². The van der Waals surface area contributed by atoms with Gasteiger partial charge in [-0.1, -0.05) is 5.16 Å². The Morgan fingerprint density at radius 2 is 2.25 bits per heavy atom. The van der Waals surface area contributed by atoms with E-state index in [9.17, 15) is 4.79 Å². The van der Waals surface area contributed by atoms with E-state index in [0.29, 0.717) is 24.9 Å². The minimum atomic E-state index is -0.443. The number of piperidine rings is 1. The molecule has 2 aliphatic rings. The second-order valence-electron chi connectivity index (χ2n) is 6.76. The van der Waals surface area contributed by atoms with E-state index in [1.807, 2.05) is 11.8 Å². The van der Waals surface area contributed by atoms with Gasteiger partial charge in [-0.05, 0) is 39.0 Å². The zero-order valence-electron chi connectivity index (χ0n) is 14.6. The first-order valence-electron chi connectivity index (χ1n) is 8.95. The molecule has 24 heavy (non-hydrogen) atoms. The van der Waals surface area contributed by atoms with E-state index in [2.05, 4.69) is 10.1 Å². The van der Waals surface area contributed by atoms with Crippen molar-refractivity contribution in [1.29, 1.82) is 0 Å². The molecule has 3 rings (SSSR count). The Kier molecular flexibility index (Phi) is 5.84. The van der Waals surface area contributed by atoms with Crippen LogP contribution in [0.5, 0.6) is 0 Å². The molecule has 1 amide bonds. The average molecular weight is 337 g/mol. The van der Waals surface area contributed by atoms with Crippen molar-refractivity contribution in [2.24, 2.45) is 0 Å². The van der Waals surface area contributed by atoms with Crippen molar-refractivity contribution in [3.8, 4) is 0 Å². The van der Waals surface area contributed by atoms with Gasteiger partial charge in [0.1, 0.15) is 6.10 Å². The van der Waals surface area contributed by atoms with Crippen molar-refractivity contribution in [2.45, 2.75) is 64.1 Å². The second kappa shape index (κ2) is 8.07. The van der Waals surface area contributed by atoms with Crippen LogP contribution in [0.3, 0.4) is 0 Å². The Hall–Kier alpha value is -1.47. The summed E-state index contributed by atoms with van der Waals surface area (Å²) in [5.74, 6) is 1.46. The highest BCUT2D eigenvalue weighted by Gasteiger charge is 2.30. The van der Waals surface area contributed by atoms with E-state index in [-0.39, 0.29) is 17.9 Å². The van der Waals surface area contributed by atoms with E-state index in [0.717, 1.165) is 38.8 Å². The van der Waals surface area contributed by atoms with Crippen LogP contribution in [0.2, 0.25) is 0 Å². The molecule has 134 valence electrons. The highest BCUT2D eigenvalue weighted by Crippen LogP contribution is 2.25. The van der Waals surface area contributed by atoms with Gasteiger partial charge in [-0.2, -0.15) is 4.98 Å². The molecule has 2 aliphatic heterocycles. The van der Waals surface area contributed by atoms with Gasteiger partial charge in [0.25, 0.3) is 5.91 Å². The maximum atomic E-state index is 12.6. The third kappa shape index (κ3) is 4.33.